The van der Waals surface area contributed by atoms with Crippen LogP contribution in [0, 0.1) is 13.8 Å². The van der Waals surface area contributed by atoms with E-state index < -0.39 is 0 Å². The Balaban J connectivity index is 1.55. The zero-order valence-corrected chi connectivity index (χ0v) is 12.8. The van der Waals surface area contributed by atoms with Crippen molar-refractivity contribution in [3.8, 4) is 0 Å². The minimum absolute atomic E-state index is 0.702. The molecular formula is C17H27N3. The Bertz CT molecular complexity index is 423. The van der Waals surface area contributed by atoms with Gasteiger partial charge in [-0.1, -0.05) is 6.07 Å². The first kappa shape index (κ1) is 13.9. The summed E-state index contributed by atoms with van der Waals surface area (Å²) >= 11 is 0. The summed E-state index contributed by atoms with van der Waals surface area (Å²) < 4.78 is 0. The molecule has 2 aliphatic heterocycles. The highest BCUT2D eigenvalue weighted by Gasteiger charge is 2.23. The Hall–Kier alpha value is -1.06. The van der Waals surface area contributed by atoms with E-state index in [1.165, 1.54) is 55.7 Å². The molecule has 0 amide bonds. The van der Waals surface area contributed by atoms with E-state index in [2.05, 4.69) is 47.6 Å². The third kappa shape index (κ3) is 3.33. The lowest BCUT2D eigenvalue weighted by Crippen LogP contribution is -2.46. The van der Waals surface area contributed by atoms with Gasteiger partial charge in [-0.2, -0.15) is 0 Å². The Morgan fingerprint density at radius 2 is 1.70 bits per heavy atom. The highest BCUT2D eigenvalue weighted by Crippen LogP contribution is 2.23. The van der Waals surface area contributed by atoms with Crippen molar-refractivity contribution in [3.05, 3.63) is 29.3 Å². The number of hydrogen-bond acceptors (Lipinski definition) is 3. The zero-order valence-electron chi connectivity index (χ0n) is 12.8. The quantitative estimate of drug-likeness (QED) is 0.884. The van der Waals surface area contributed by atoms with Gasteiger partial charge in [0.25, 0.3) is 0 Å². The highest BCUT2D eigenvalue weighted by atomic mass is 15.2. The van der Waals surface area contributed by atoms with E-state index in [0.29, 0.717) is 12.1 Å². The maximum absolute atomic E-state index is 3.82. The second-order valence-corrected chi connectivity index (χ2v) is 6.46. The van der Waals surface area contributed by atoms with Crippen molar-refractivity contribution in [2.45, 2.75) is 45.2 Å². The summed E-state index contributed by atoms with van der Waals surface area (Å²) in [4.78, 5) is 2.55. The minimum Gasteiger partial charge on any atom is -0.371 e. The SMILES string of the molecule is Cc1cc(C)cc(N2CCC(NC3CCNC3)CC2)c1. The molecule has 2 heterocycles. The molecule has 0 aromatic heterocycles. The largest absolute Gasteiger partial charge is 0.371 e. The molecule has 1 atom stereocenters. The zero-order chi connectivity index (χ0) is 13.9. The van der Waals surface area contributed by atoms with Gasteiger partial charge in [0.1, 0.15) is 0 Å². The van der Waals surface area contributed by atoms with Gasteiger partial charge < -0.3 is 15.5 Å². The van der Waals surface area contributed by atoms with Crippen molar-refractivity contribution in [2.24, 2.45) is 0 Å². The number of piperidine rings is 1. The summed E-state index contributed by atoms with van der Waals surface area (Å²) in [6.07, 6.45) is 3.82. The molecule has 1 unspecified atom stereocenters. The van der Waals surface area contributed by atoms with Gasteiger partial charge >= 0.3 is 0 Å². The van der Waals surface area contributed by atoms with E-state index in [1.54, 1.807) is 0 Å². The van der Waals surface area contributed by atoms with Crippen molar-refractivity contribution < 1.29 is 0 Å². The van der Waals surface area contributed by atoms with Gasteiger partial charge in [0.15, 0.2) is 0 Å². The van der Waals surface area contributed by atoms with Crippen LogP contribution in [0.2, 0.25) is 0 Å². The second-order valence-electron chi connectivity index (χ2n) is 6.46. The second kappa shape index (κ2) is 6.15. The molecule has 0 aliphatic carbocycles. The van der Waals surface area contributed by atoms with Crippen molar-refractivity contribution >= 4 is 5.69 Å². The fourth-order valence-electron chi connectivity index (χ4n) is 3.57. The lowest BCUT2D eigenvalue weighted by atomic mass is 10.0. The highest BCUT2D eigenvalue weighted by molar-refractivity contribution is 5.51. The third-order valence-corrected chi connectivity index (χ3v) is 4.60. The van der Waals surface area contributed by atoms with Gasteiger partial charge in [-0.25, -0.2) is 0 Å². The first-order valence-corrected chi connectivity index (χ1v) is 8.01. The molecule has 20 heavy (non-hydrogen) atoms. The maximum Gasteiger partial charge on any atom is 0.0371 e. The van der Waals surface area contributed by atoms with E-state index in [-0.39, 0.29) is 0 Å². The number of nitrogens with zero attached hydrogens (tertiary/aromatic N) is 1. The Kier molecular flexibility index (Phi) is 4.27. The van der Waals surface area contributed by atoms with Crippen LogP contribution < -0.4 is 15.5 Å². The molecule has 1 aromatic rings. The van der Waals surface area contributed by atoms with Crippen LogP contribution in [0.4, 0.5) is 5.69 Å². The van der Waals surface area contributed by atoms with Gasteiger partial charge in [-0.15, -0.1) is 0 Å². The van der Waals surface area contributed by atoms with E-state index >= 15 is 0 Å². The first-order valence-electron chi connectivity index (χ1n) is 8.01. The van der Waals surface area contributed by atoms with Gasteiger partial charge in [-0.05, 0) is 62.9 Å². The molecule has 2 N–H and O–H groups in total. The number of aryl methyl sites for hydroxylation is 2. The summed E-state index contributed by atoms with van der Waals surface area (Å²) in [6, 6.07) is 8.31. The number of hydrogen-bond donors (Lipinski definition) is 2. The molecule has 0 spiro atoms. The predicted octanol–water partition coefficient (Wildman–Crippen LogP) is 2.22. The topological polar surface area (TPSA) is 27.3 Å². The molecule has 1 aromatic carbocycles. The summed E-state index contributed by atoms with van der Waals surface area (Å²) in [7, 11) is 0. The number of benzene rings is 1. The first-order chi connectivity index (χ1) is 9.70. The van der Waals surface area contributed by atoms with Crippen LogP contribution in [-0.2, 0) is 0 Å². The summed E-state index contributed by atoms with van der Waals surface area (Å²) in [5.74, 6) is 0. The molecule has 110 valence electrons. The van der Waals surface area contributed by atoms with Gasteiger partial charge in [0.05, 0.1) is 0 Å². The molecule has 3 nitrogen and oxygen atoms in total. The normalized spacial score (nSPS) is 24.3. The van der Waals surface area contributed by atoms with Crippen molar-refractivity contribution in [3.63, 3.8) is 0 Å². The molecule has 3 heteroatoms. The predicted molar refractivity (Wildman–Crippen MR) is 85.6 cm³/mol. The monoisotopic (exact) mass is 273 g/mol. The summed E-state index contributed by atoms with van der Waals surface area (Å²) in [5, 5.41) is 7.26. The minimum atomic E-state index is 0.702. The van der Waals surface area contributed by atoms with E-state index in [0.717, 1.165) is 6.54 Å². The van der Waals surface area contributed by atoms with Crippen LogP contribution >= 0.6 is 0 Å². The Labute approximate surface area is 122 Å². The maximum atomic E-state index is 3.82. The number of nitrogens with one attached hydrogen (secondary N) is 2. The van der Waals surface area contributed by atoms with Gasteiger partial charge in [0, 0.05) is 37.4 Å². The van der Waals surface area contributed by atoms with Crippen molar-refractivity contribution in [2.75, 3.05) is 31.1 Å². The van der Waals surface area contributed by atoms with Crippen LogP contribution in [0.5, 0.6) is 0 Å². The van der Waals surface area contributed by atoms with Gasteiger partial charge in [0.2, 0.25) is 0 Å². The fourth-order valence-corrected chi connectivity index (χ4v) is 3.57. The average Bonchev–Trinajstić information content (AvgIpc) is 2.91. The van der Waals surface area contributed by atoms with Crippen LogP contribution in [0.15, 0.2) is 18.2 Å². The Morgan fingerprint density at radius 3 is 2.30 bits per heavy atom. The molecule has 2 saturated heterocycles. The van der Waals surface area contributed by atoms with Crippen LogP contribution in [0.3, 0.4) is 0 Å². The standard InChI is InChI=1S/C17H27N3/c1-13-9-14(2)11-17(10-13)20-7-4-15(5-8-20)19-16-3-6-18-12-16/h9-11,15-16,18-19H,3-8,12H2,1-2H3. The molecule has 0 radical (unpaired) electrons. The summed E-state index contributed by atoms with van der Waals surface area (Å²) in [6.45, 7) is 9.08. The Morgan fingerprint density at radius 1 is 1.00 bits per heavy atom. The van der Waals surface area contributed by atoms with Crippen LogP contribution in [0.25, 0.3) is 0 Å². The van der Waals surface area contributed by atoms with E-state index in [9.17, 15) is 0 Å². The molecule has 3 rings (SSSR count). The fraction of sp³-hybridized carbons (Fsp3) is 0.647. The van der Waals surface area contributed by atoms with Crippen LogP contribution in [-0.4, -0.2) is 38.3 Å². The molecule has 0 saturated carbocycles. The summed E-state index contributed by atoms with van der Waals surface area (Å²) in [5.41, 5.74) is 4.15. The lowest BCUT2D eigenvalue weighted by Gasteiger charge is -2.35. The van der Waals surface area contributed by atoms with Crippen molar-refractivity contribution in [1.82, 2.24) is 10.6 Å². The number of rotatable bonds is 3. The third-order valence-electron chi connectivity index (χ3n) is 4.60. The van der Waals surface area contributed by atoms with Crippen LogP contribution in [0.1, 0.15) is 30.4 Å². The lowest BCUT2D eigenvalue weighted by molar-refractivity contribution is 0.375. The van der Waals surface area contributed by atoms with E-state index in [4.69, 9.17) is 0 Å². The molecular weight excluding hydrogens is 246 g/mol. The van der Waals surface area contributed by atoms with Gasteiger partial charge in [-0.3, -0.25) is 0 Å². The number of anilines is 1. The average molecular weight is 273 g/mol. The molecule has 2 aliphatic rings. The smallest absolute Gasteiger partial charge is 0.0371 e. The van der Waals surface area contributed by atoms with Crippen molar-refractivity contribution in [1.29, 1.82) is 0 Å². The molecule has 0 bridgehead atoms. The molecule has 2 fully saturated rings. The van der Waals surface area contributed by atoms with E-state index in [1.807, 2.05) is 0 Å².